The molecule has 2 amide bonds. The van der Waals surface area contributed by atoms with Crippen LogP contribution in [0, 0.1) is 0 Å². The van der Waals surface area contributed by atoms with Gasteiger partial charge >= 0.3 is 5.97 Å². The zero-order valence-corrected chi connectivity index (χ0v) is 15.2. The molecule has 0 unspecified atom stereocenters. The Morgan fingerprint density at radius 3 is 2.70 bits per heavy atom. The first-order valence-electron chi connectivity index (χ1n) is 7.04. The van der Waals surface area contributed by atoms with Crippen LogP contribution in [-0.4, -0.2) is 37.0 Å². The maximum absolute atomic E-state index is 11.9. The molecule has 0 saturated heterocycles. The number of nitrogens with one attached hydrogen (secondary N) is 2. The van der Waals surface area contributed by atoms with Crippen LogP contribution in [0.15, 0.2) is 22.7 Å². The molecule has 0 heterocycles. The van der Waals surface area contributed by atoms with Crippen LogP contribution in [-0.2, 0) is 14.3 Å². The van der Waals surface area contributed by atoms with Crippen LogP contribution < -0.4 is 10.6 Å². The Balaban J connectivity index is 2.48. The van der Waals surface area contributed by atoms with E-state index in [4.69, 9.17) is 16.3 Å². The molecule has 0 aliphatic heterocycles. The molecular weight excluding hydrogens is 388 g/mol. The summed E-state index contributed by atoms with van der Waals surface area (Å²) in [6.45, 7) is 3.52. The van der Waals surface area contributed by atoms with Gasteiger partial charge in [-0.3, -0.25) is 9.59 Å². The Hall–Kier alpha value is -1.60. The van der Waals surface area contributed by atoms with Crippen LogP contribution in [0.5, 0.6) is 0 Å². The minimum atomic E-state index is -0.713. The molecule has 0 aliphatic rings. The standard InChI is InChI=1S/C15H18BrClN2O4/c1-3-6-18-14(21)9(2)19-13(20)8-23-15(22)11-7-10(16)4-5-12(11)17/h4-5,7,9H,3,6,8H2,1-2H3,(H,18,21)(H,19,20)/t9-/m0/s1. The van der Waals surface area contributed by atoms with Gasteiger partial charge in [0.25, 0.3) is 5.91 Å². The summed E-state index contributed by atoms with van der Waals surface area (Å²) in [6, 6.07) is 4.02. The van der Waals surface area contributed by atoms with Crippen LogP contribution in [0.3, 0.4) is 0 Å². The second-order valence-electron chi connectivity index (χ2n) is 4.78. The number of hydrogen-bond donors (Lipinski definition) is 2. The topological polar surface area (TPSA) is 84.5 Å². The average molecular weight is 406 g/mol. The van der Waals surface area contributed by atoms with Gasteiger partial charge in [0.05, 0.1) is 10.6 Å². The first-order valence-corrected chi connectivity index (χ1v) is 8.21. The molecule has 1 atom stereocenters. The predicted molar refractivity (Wildman–Crippen MR) is 90.3 cm³/mol. The molecule has 0 spiro atoms. The number of carbonyl (C=O) groups excluding carboxylic acids is 3. The molecule has 1 rings (SSSR count). The summed E-state index contributed by atoms with van der Waals surface area (Å²) in [7, 11) is 0. The number of halogens is 2. The Labute approximate surface area is 148 Å². The van der Waals surface area contributed by atoms with Gasteiger partial charge in [-0.2, -0.15) is 0 Å². The highest BCUT2D eigenvalue weighted by Gasteiger charge is 2.17. The molecule has 0 bridgehead atoms. The Kier molecular flexibility index (Phi) is 8.05. The normalized spacial score (nSPS) is 11.5. The summed E-state index contributed by atoms with van der Waals surface area (Å²) in [5, 5.41) is 5.34. The molecule has 23 heavy (non-hydrogen) atoms. The van der Waals surface area contributed by atoms with Crippen LogP contribution >= 0.6 is 27.5 Å². The number of rotatable bonds is 7. The number of hydrogen-bond acceptors (Lipinski definition) is 4. The van der Waals surface area contributed by atoms with Gasteiger partial charge in [-0.25, -0.2) is 4.79 Å². The van der Waals surface area contributed by atoms with Gasteiger partial charge in [0.15, 0.2) is 6.61 Å². The highest BCUT2D eigenvalue weighted by Crippen LogP contribution is 2.21. The van der Waals surface area contributed by atoms with E-state index < -0.39 is 24.5 Å². The Morgan fingerprint density at radius 2 is 2.04 bits per heavy atom. The van der Waals surface area contributed by atoms with Gasteiger partial charge in [-0.1, -0.05) is 34.5 Å². The highest BCUT2D eigenvalue weighted by molar-refractivity contribution is 9.10. The number of amides is 2. The van der Waals surface area contributed by atoms with Crippen LogP contribution in [0.1, 0.15) is 30.6 Å². The van der Waals surface area contributed by atoms with Gasteiger partial charge in [0.1, 0.15) is 6.04 Å². The first-order chi connectivity index (χ1) is 10.8. The van der Waals surface area contributed by atoms with Crippen molar-refractivity contribution in [3.05, 3.63) is 33.3 Å². The molecular formula is C15H18BrClN2O4. The van der Waals surface area contributed by atoms with Crippen molar-refractivity contribution in [2.75, 3.05) is 13.2 Å². The maximum atomic E-state index is 11.9. The van der Waals surface area contributed by atoms with Crippen molar-refractivity contribution in [2.45, 2.75) is 26.3 Å². The fraction of sp³-hybridized carbons (Fsp3) is 0.400. The quantitative estimate of drug-likeness (QED) is 0.682. The largest absolute Gasteiger partial charge is 0.452 e. The van der Waals surface area contributed by atoms with Crippen molar-refractivity contribution in [1.82, 2.24) is 10.6 Å². The van der Waals surface area contributed by atoms with Crippen molar-refractivity contribution in [3.63, 3.8) is 0 Å². The van der Waals surface area contributed by atoms with E-state index in [1.807, 2.05) is 6.92 Å². The van der Waals surface area contributed by atoms with E-state index >= 15 is 0 Å². The SMILES string of the molecule is CCCNC(=O)[C@H](C)NC(=O)COC(=O)c1cc(Br)ccc1Cl. The second-order valence-corrected chi connectivity index (χ2v) is 6.10. The number of ether oxygens (including phenoxy) is 1. The summed E-state index contributed by atoms with van der Waals surface area (Å²) in [4.78, 5) is 35.2. The van der Waals surface area contributed by atoms with Gasteiger partial charge in [-0.05, 0) is 31.5 Å². The third-order valence-corrected chi connectivity index (χ3v) is 3.63. The van der Waals surface area contributed by atoms with E-state index in [1.165, 1.54) is 6.07 Å². The highest BCUT2D eigenvalue weighted by atomic mass is 79.9. The van der Waals surface area contributed by atoms with Crippen molar-refractivity contribution in [1.29, 1.82) is 0 Å². The molecule has 0 radical (unpaired) electrons. The van der Waals surface area contributed by atoms with Gasteiger partial charge in [0.2, 0.25) is 5.91 Å². The summed E-state index contributed by atoms with van der Waals surface area (Å²) in [5.41, 5.74) is 0.155. The van der Waals surface area contributed by atoms with E-state index in [2.05, 4.69) is 26.6 Å². The predicted octanol–water partition coefficient (Wildman–Crippen LogP) is 2.29. The minimum absolute atomic E-state index is 0.155. The fourth-order valence-electron chi connectivity index (χ4n) is 1.61. The molecule has 1 aromatic carbocycles. The molecule has 0 fully saturated rings. The molecule has 126 valence electrons. The number of carbonyl (C=O) groups is 3. The lowest BCUT2D eigenvalue weighted by Gasteiger charge is -2.14. The monoisotopic (exact) mass is 404 g/mol. The van der Waals surface area contributed by atoms with Gasteiger partial charge in [-0.15, -0.1) is 0 Å². The zero-order valence-electron chi connectivity index (χ0n) is 12.8. The number of esters is 1. The molecule has 1 aromatic rings. The van der Waals surface area contributed by atoms with E-state index in [-0.39, 0.29) is 16.5 Å². The lowest BCUT2D eigenvalue weighted by molar-refractivity contribution is -0.130. The van der Waals surface area contributed by atoms with Crippen molar-refractivity contribution >= 4 is 45.3 Å². The smallest absolute Gasteiger partial charge is 0.340 e. The van der Waals surface area contributed by atoms with Crippen molar-refractivity contribution in [3.8, 4) is 0 Å². The van der Waals surface area contributed by atoms with Crippen molar-refractivity contribution in [2.24, 2.45) is 0 Å². The summed E-state index contributed by atoms with van der Waals surface area (Å²) in [6.07, 6.45) is 0.803. The summed E-state index contributed by atoms with van der Waals surface area (Å²) in [5.74, 6) is -1.57. The van der Waals surface area contributed by atoms with Crippen LogP contribution in [0.25, 0.3) is 0 Å². The molecule has 6 nitrogen and oxygen atoms in total. The van der Waals surface area contributed by atoms with E-state index in [0.717, 1.165) is 6.42 Å². The van der Waals surface area contributed by atoms with E-state index in [9.17, 15) is 14.4 Å². The number of benzene rings is 1. The third-order valence-electron chi connectivity index (χ3n) is 2.80. The van der Waals surface area contributed by atoms with E-state index in [0.29, 0.717) is 11.0 Å². The molecule has 0 aliphatic carbocycles. The van der Waals surface area contributed by atoms with Gasteiger partial charge in [0, 0.05) is 11.0 Å². The minimum Gasteiger partial charge on any atom is -0.452 e. The zero-order chi connectivity index (χ0) is 17.4. The average Bonchev–Trinajstić information content (AvgIpc) is 2.52. The molecule has 0 aromatic heterocycles. The molecule has 8 heteroatoms. The first kappa shape index (κ1) is 19.4. The van der Waals surface area contributed by atoms with Crippen molar-refractivity contribution < 1.29 is 19.1 Å². The second kappa shape index (κ2) is 9.52. The lowest BCUT2D eigenvalue weighted by atomic mass is 10.2. The van der Waals surface area contributed by atoms with Crippen LogP contribution in [0.2, 0.25) is 5.02 Å². The molecule has 0 saturated carbocycles. The van der Waals surface area contributed by atoms with E-state index in [1.54, 1.807) is 19.1 Å². The van der Waals surface area contributed by atoms with Crippen LogP contribution in [0.4, 0.5) is 0 Å². The molecule has 2 N–H and O–H groups in total. The summed E-state index contributed by atoms with van der Waals surface area (Å²) >= 11 is 9.13. The lowest BCUT2D eigenvalue weighted by Crippen LogP contribution is -2.46. The Morgan fingerprint density at radius 1 is 1.35 bits per heavy atom. The Bertz CT molecular complexity index is 595. The third kappa shape index (κ3) is 6.58. The summed E-state index contributed by atoms with van der Waals surface area (Å²) < 4.78 is 5.57. The maximum Gasteiger partial charge on any atom is 0.340 e. The fourth-order valence-corrected chi connectivity index (χ4v) is 2.17. The van der Waals surface area contributed by atoms with Gasteiger partial charge < -0.3 is 15.4 Å².